The molecule has 2 saturated heterocycles. The van der Waals surface area contributed by atoms with Gasteiger partial charge < -0.3 is 29.1 Å². The molecule has 16 heteroatoms. The molecular weight excluding hydrogens is 818 g/mol. The van der Waals surface area contributed by atoms with E-state index in [1.165, 1.54) is 12.8 Å². The summed E-state index contributed by atoms with van der Waals surface area (Å²) in [6.45, 7) is 3.16. The van der Waals surface area contributed by atoms with Crippen LogP contribution >= 0.6 is 15.9 Å². The second-order valence-corrected chi connectivity index (χ2v) is 16.1. The molecule has 0 bridgehead atoms. The van der Waals surface area contributed by atoms with E-state index in [4.69, 9.17) is 29.7 Å². The van der Waals surface area contributed by atoms with Gasteiger partial charge in [-0.15, -0.1) is 0 Å². The number of carbonyl (C=O) groups is 2. The van der Waals surface area contributed by atoms with Crippen LogP contribution in [0.5, 0.6) is 11.8 Å². The number of ketones is 1. The molecule has 4 aliphatic rings. The normalized spacial score (nSPS) is 17.1. The number of ether oxygens (including phenoxy) is 4. The Morgan fingerprint density at radius 3 is 1.61 bits per heavy atom. The van der Waals surface area contributed by atoms with Crippen molar-refractivity contribution in [3.8, 4) is 11.8 Å². The lowest BCUT2D eigenvalue weighted by molar-refractivity contribution is 0.0845. The smallest absolute Gasteiger partial charge is 0.267 e. The monoisotopic (exact) mass is 865 g/mol. The zero-order valence-electron chi connectivity index (χ0n) is 33.3. The standard InChI is InChI=1S/C22H24N4O3.C12H14BrN3O2.C9H10N2O/c1-28-22-21-25-19(15-7-9-29-10-8-15)13-26(21)12-16(23-22)11-20(27)18-4-2-3-17(24-18)14-5-6-14;1-17-12-11-14-9(8-2-4-18-5-3-8)6-16(11)7-10(13)15-12;10-9(12)8-3-1-2-7(11-8)6-4-5-6/h2-4,12-15H,5-11H2,1H3;6-8H,2-5H2,1H3;1-3,6H,4-5H2,(H2,10,12). The van der Waals surface area contributed by atoms with Gasteiger partial charge in [0.1, 0.15) is 16.0 Å². The second kappa shape index (κ2) is 18.3. The van der Waals surface area contributed by atoms with Gasteiger partial charge in [0.15, 0.2) is 5.78 Å². The molecule has 2 aliphatic carbocycles. The number of carbonyl (C=O) groups excluding carboxylic acids is 2. The molecule has 4 fully saturated rings. The minimum Gasteiger partial charge on any atom is -0.478 e. The average molecular weight is 867 g/mol. The van der Waals surface area contributed by atoms with Gasteiger partial charge in [0.25, 0.3) is 17.7 Å². The molecule has 0 radical (unpaired) electrons. The molecule has 1 amide bonds. The van der Waals surface area contributed by atoms with Crippen molar-refractivity contribution in [2.75, 3.05) is 40.6 Å². The van der Waals surface area contributed by atoms with Gasteiger partial charge in [0.2, 0.25) is 11.3 Å². The number of fused-ring (bicyclic) bond motifs is 2. The number of nitrogens with two attached hydrogens (primary N) is 1. The Kier molecular flexibility index (Phi) is 12.6. The van der Waals surface area contributed by atoms with Gasteiger partial charge in [-0.2, -0.15) is 0 Å². The molecule has 2 aliphatic heterocycles. The predicted molar refractivity (Wildman–Crippen MR) is 221 cm³/mol. The zero-order valence-corrected chi connectivity index (χ0v) is 34.8. The number of rotatable bonds is 10. The first-order valence-electron chi connectivity index (χ1n) is 20.2. The maximum atomic E-state index is 12.8. The van der Waals surface area contributed by atoms with E-state index in [1.807, 2.05) is 51.7 Å². The van der Waals surface area contributed by atoms with Gasteiger partial charge in [-0.1, -0.05) is 12.1 Å². The summed E-state index contributed by atoms with van der Waals surface area (Å²) in [4.78, 5) is 50.5. The summed E-state index contributed by atoms with van der Waals surface area (Å²) in [5.74, 6) is 2.45. The lowest BCUT2D eigenvalue weighted by Gasteiger charge is -2.19. The summed E-state index contributed by atoms with van der Waals surface area (Å²) >= 11 is 3.37. The molecule has 308 valence electrons. The van der Waals surface area contributed by atoms with E-state index in [0.717, 1.165) is 98.0 Å². The van der Waals surface area contributed by atoms with E-state index in [-0.39, 0.29) is 12.2 Å². The Hall–Kier alpha value is -5.32. The highest BCUT2D eigenvalue weighted by Gasteiger charge is 2.27. The van der Waals surface area contributed by atoms with Crippen molar-refractivity contribution in [1.82, 2.24) is 38.7 Å². The van der Waals surface area contributed by atoms with Gasteiger partial charge in [0.05, 0.1) is 37.7 Å². The molecular formula is C43H48BrN9O6. The van der Waals surface area contributed by atoms with Crippen LogP contribution in [0, 0.1) is 0 Å². The molecule has 0 aromatic carbocycles. The number of Topliss-reactive ketones (excluding diaryl/α,β-unsaturated/α-hetero) is 1. The summed E-state index contributed by atoms with van der Waals surface area (Å²) < 4.78 is 26.2. The Morgan fingerprint density at radius 2 is 1.10 bits per heavy atom. The average Bonchev–Trinajstić information content (AvgIpc) is 4.22. The summed E-state index contributed by atoms with van der Waals surface area (Å²) in [5, 5.41) is 0. The number of aromatic nitrogens is 8. The third kappa shape index (κ3) is 9.94. The molecule has 8 heterocycles. The van der Waals surface area contributed by atoms with Crippen LogP contribution in [0.1, 0.15) is 124 Å². The van der Waals surface area contributed by atoms with Crippen molar-refractivity contribution < 1.29 is 28.5 Å². The largest absolute Gasteiger partial charge is 0.478 e. The third-order valence-electron chi connectivity index (χ3n) is 10.9. The van der Waals surface area contributed by atoms with Crippen LogP contribution in [0.2, 0.25) is 0 Å². The van der Waals surface area contributed by atoms with E-state index < -0.39 is 5.91 Å². The molecule has 6 aromatic rings. The van der Waals surface area contributed by atoms with E-state index in [2.05, 4.69) is 47.0 Å². The molecule has 59 heavy (non-hydrogen) atoms. The molecule has 2 N–H and O–H groups in total. The first kappa shape index (κ1) is 40.5. The fourth-order valence-corrected chi connectivity index (χ4v) is 7.78. The van der Waals surface area contributed by atoms with Crippen LogP contribution in [-0.2, 0) is 15.9 Å². The summed E-state index contributed by atoms with van der Waals surface area (Å²) in [6, 6.07) is 11.1. The maximum Gasteiger partial charge on any atom is 0.267 e. The molecule has 0 unspecified atom stereocenters. The highest BCUT2D eigenvalue weighted by molar-refractivity contribution is 9.10. The van der Waals surface area contributed by atoms with Gasteiger partial charge in [0, 0.05) is 86.3 Å². The lowest BCUT2D eigenvalue weighted by atomic mass is 9.97. The number of hydrogen-bond acceptors (Lipinski definition) is 12. The van der Waals surface area contributed by atoms with Crippen LogP contribution < -0.4 is 15.2 Å². The lowest BCUT2D eigenvalue weighted by Crippen LogP contribution is -2.14. The number of pyridine rings is 2. The fourth-order valence-electron chi connectivity index (χ4n) is 7.40. The van der Waals surface area contributed by atoms with Crippen molar-refractivity contribution in [1.29, 1.82) is 0 Å². The Labute approximate surface area is 350 Å². The van der Waals surface area contributed by atoms with Gasteiger partial charge >= 0.3 is 0 Å². The number of imidazole rings is 2. The Morgan fingerprint density at radius 1 is 0.627 bits per heavy atom. The fraction of sp³-hybridized carbons (Fsp3) is 0.442. The molecule has 0 spiro atoms. The van der Waals surface area contributed by atoms with Crippen LogP contribution in [0.3, 0.4) is 0 Å². The quantitative estimate of drug-likeness (QED) is 0.143. The summed E-state index contributed by atoms with van der Waals surface area (Å²) in [6.07, 6.45) is 16.7. The van der Waals surface area contributed by atoms with Crippen molar-refractivity contribution in [2.24, 2.45) is 5.73 Å². The number of primary amides is 1. The SMILES string of the molecule is COc1nc(Br)cn2cc(C3CCOCC3)nc12.COc1nc(CC(=O)c2cccc(C3CC3)n2)cn2cc(C3CCOCC3)nc12.NC(=O)c1cccc(C2CC2)n1. The van der Waals surface area contributed by atoms with Crippen molar-refractivity contribution in [2.45, 2.75) is 81.5 Å². The van der Waals surface area contributed by atoms with E-state index in [1.54, 1.807) is 26.4 Å². The van der Waals surface area contributed by atoms with Crippen molar-refractivity contribution >= 4 is 38.9 Å². The zero-order chi connectivity index (χ0) is 40.9. The number of halogens is 1. The molecule has 2 saturated carbocycles. The summed E-state index contributed by atoms with van der Waals surface area (Å²) in [7, 11) is 3.19. The Bertz CT molecular complexity index is 2430. The second-order valence-electron chi connectivity index (χ2n) is 15.3. The van der Waals surface area contributed by atoms with E-state index in [0.29, 0.717) is 58.2 Å². The van der Waals surface area contributed by atoms with Gasteiger partial charge in [-0.05, 0) is 91.6 Å². The van der Waals surface area contributed by atoms with Crippen molar-refractivity contribution in [3.05, 3.63) is 106 Å². The number of hydrogen-bond donors (Lipinski definition) is 1. The van der Waals surface area contributed by atoms with Crippen molar-refractivity contribution in [3.63, 3.8) is 0 Å². The minimum absolute atomic E-state index is 0.0360. The number of amides is 1. The number of methoxy groups -OCH3 is 2. The van der Waals surface area contributed by atoms with Gasteiger partial charge in [-0.3, -0.25) is 14.0 Å². The highest BCUT2D eigenvalue weighted by atomic mass is 79.9. The summed E-state index contributed by atoms with van der Waals surface area (Å²) in [5.41, 5.74) is 12.2. The topological polar surface area (TPSA) is 183 Å². The molecule has 6 aromatic heterocycles. The predicted octanol–water partition coefficient (Wildman–Crippen LogP) is 6.78. The number of nitrogens with zero attached hydrogens (tertiary/aromatic N) is 8. The van der Waals surface area contributed by atoms with E-state index in [9.17, 15) is 9.59 Å². The molecule has 10 rings (SSSR count). The molecule has 15 nitrogen and oxygen atoms in total. The molecule has 0 atom stereocenters. The Balaban J connectivity index is 0.000000137. The van der Waals surface area contributed by atoms with E-state index >= 15 is 0 Å². The highest BCUT2D eigenvalue weighted by Crippen LogP contribution is 2.39. The van der Waals surface area contributed by atoms with Crippen LogP contribution in [0.25, 0.3) is 11.3 Å². The first-order chi connectivity index (χ1) is 28.8. The third-order valence-corrected chi connectivity index (χ3v) is 11.3. The minimum atomic E-state index is -0.447. The van der Waals surface area contributed by atoms with Crippen LogP contribution in [-0.4, -0.2) is 91.0 Å². The van der Waals surface area contributed by atoms with Gasteiger partial charge in [-0.25, -0.2) is 29.9 Å². The maximum absolute atomic E-state index is 12.8. The van der Waals surface area contributed by atoms with Crippen LogP contribution in [0.4, 0.5) is 0 Å². The first-order valence-corrected chi connectivity index (χ1v) is 21.0. The van der Waals surface area contributed by atoms with Crippen LogP contribution in [0.15, 0.2) is 65.8 Å².